The van der Waals surface area contributed by atoms with Crippen molar-refractivity contribution < 1.29 is 9.18 Å². The van der Waals surface area contributed by atoms with Crippen LogP contribution in [-0.2, 0) is 6.54 Å². The lowest BCUT2D eigenvalue weighted by molar-refractivity contribution is 0.100. The number of benzene rings is 1. The molecule has 4 N–H and O–H groups in total. The molecule has 0 radical (unpaired) electrons. The van der Waals surface area contributed by atoms with E-state index in [4.69, 9.17) is 11.5 Å². The normalized spacial score (nSPS) is 10.4. The van der Waals surface area contributed by atoms with Gasteiger partial charge in [-0.05, 0) is 31.2 Å². The fourth-order valence-corrected chi connectivity index (χ4v) is 2.10. The number of carbonyl (C=O) groups excluding carboxylic acids is 1. The molecule has 0 atom stereocenters. The van der Waals surface area contributed by atoms with E-state index < -0.39 is 11.7 Å². The lowest BCUT2D eigenvalue weighted by atomic mass is 10.1. The Labute approximate surface area is 122 Å². The molecule has 0 aliphatic rings. The smallest absolute Gasteiger partial charge is 0.250 e. The van der Waals surface area contributed by atoms with Crippen molar-refractivity contribution >= 4 is 17.3 Å². The van der Waals surface area contributed by atoms with E-state index in [1.165, 1.54) is 6.07 Å². The van der Waals surface area contributed by atoms with Crippen LogP contribution in [0.5, 0.6) is 0 Å². The summed E-state index contributed by atoms with van der Waals surface area (Å²) in [5.41, 5.74) is 12.9. The Morgan fingerprint density at radius 1 is 1.38 bits per heavy atom. The van der Waals surface area contributed by atoms with Gasteiger partial charge in [0.25, 0.3) is 5.91 Å². The third-order valence-electron chi connectivity index (χ3n) is 3.14. The molecule has 6 heteroatoms. The second kappa shape index (κ2) is 5.78. The number of rotatable bonds is 4. The fourth-order valence-electron chi connectivity index (χ4n) is 2.10. The maximum absolute atomic E-state index is 14.0. The summed E-state index contributed by atoms with van der Waals surface area (Å²) < 4.78 is 14.0. The van der Waals surface area contributed by atoms with E-state index in [0.29, 0.717) is 6.54 Å². The van der Waals surface area contributed by atoms with Crippen molar-refractivity contribution in [1.29, 1.82) is 0 Å². The van der Waals surface area contributed by atoms with Gasteiger partial charge in [0.05, 0.1) is 23.5 Å². The Kier molecular flexibility index (Phi) is 4.07. The summed E-state index contributed by atoms with van der Waals surface area (Å²) in [7, 11) is 1.71. The van der Waals surface area contributed by atoms with E-state index in [-0.39, 0.29) is 16.9 Å². The summed E-state index contributed by atoms with van der Waals surface area (Å²) in [5.74, 6) is -1.19. The van der Waals surface area contributed by atoms with E-state index in [2.05, 4.69) is 4.98 Å². The molecule has 0 bridgehead atoms. The molecule has 1 aromatic heterocycles. The van der Waals surface area contributed by atoms with Crippen LogP contribution in [0.4, 0.5) is 15.8 Å². The molecule has 5 nitrogen and oxygen atoms in total. The van der Waals surface area contributed by atoms with Gasteiger partial charge in [0.1, 0.15) is 5.82 Å². The van der Waals surface area contributed by atoms with Gasteiger partial charge in [-0.2, -0.15) is 0 Å². The third-order valence-corrected chi connectivity index (χ3v) is 3.14. The number of primary amides is 1. The summed E-state index contributed by atoms with van der Waals surface area (Å²) in [6.07, 6.45) is 0. The van der Waals surface area contributed by atoms with Crippen LogP contribution in [0.25, 0.3) is 0 Å². The predicted octanol–water partition coefficient (Wildman–Crippen LogP) is 1.85. The van der Waals surface area contributed by atoms with Crippen molar-refractivity contribution in [2.24, 2.45) is 5.73 Å². The number of pyridine rings is 1. The minimum absolute atomic E-state index is 0.0332. The summed E-state index contributed by atoms with van der Waals surface area (Å²) in [4.78, 5) is 17.3. The van der Waals surface area contributed by atoms with E-state index in [9.17, 15) is 9.18 Å². The van der Waals surface area contributed by atoms with E-state index in [1.54, 1.807) is 11.9 Å². The highest BCUT2D eigenvalue weighted by atomic mass is 19.1. The van der Waals surface area contributed by atoms with Gasteiger partial charge in [-0.15, -0.1) is 0 Å². The second-order valence-corrected chi connectivity index (χ2v) is 4.88. The second-order valence-electron chi connectivity index (χ2n) is 4.88. The van der Waals surface area contributed by atoms with Crippen LogP contribution in [0.15, 0.2) is 30.3 Å². The highest BCUT2D eigenvalue weighted by Crippen LogP contribution is 2.25. The van der Waals surface area contributed by atoms with Crippen molar-refractivity contribution in [1.82, 2.24) is 4.98 Å². The lowest BCUT2D eigenvalue weighted by Gasteiger charge is -2.21. The summed E-state index contributed by atoms with van der Waals surface area (Å²) >= 11 is 0. The van der Waals surface area contributed by atoms with Gasteiger partial charge < -0.3 is 16.4 Å². The molecule has 1 heterocycles. The van der Waals surface area contributed by atoms with Gasteiger partial charge in [-0.3, -0.25) is 9.78 Å². The minimum Gasteiger partial charge on any atom is -0.398 e. The lowest BCUT2D eigenvalue weighted by Crippen LogP contribution is -2.21. The average Bonchev–Trinajstić information content (AvgIpc) is 2.37. The molecule has 1 aromatic carbocycles. The van der Waals surface area contributed by atoms with E-state index in [1.807, 2.05) is 25.1 Å². The molecule has 110 valence electrons. The quantitative estimate of drug-likeness (QED) is 0.841. The molecule has 0 fully saturated rings. The zero-order chi connectivity index (χ0) is 15.6. The van der Waals surface area contributed by atoms with Crippen molar-refractivity contribution in [2.45, 2.75) is 13.5 Å². The van der Waals surface area contributed by atoms with Crippen LogP contribution in [0.3, 0.4) is 0 Å². The first kappa shape index (κ1) is 14.8. The molecular weight excluding hydrogens is 271 g/mol. The maximum Gasteiger partial charge on any atom is 0.250 e. The Bertz CT molecular complexity index is 687. The summed E-state index contributed by atoms with van der Waals surface area (Å²) in [6.45, 7) is 2.29. The molecule has 0 aliphatic heterocycles. The molecule has 0 saturated heterocycles. The largest absolute Gasteiger partial charge is 0.398 e. The SMILES string of the molecule is Cc1cccc(CN(C)c2cc(C(N)=O)c(N)cc2F)n1. The number of hydrogen-bond acceptors (Lipinski definition) is 4. The number of anilines is 2. The molecule has 2 aromatic rings. The first-order valence-electron chi connectivity index (χ1n) is 6.41. The standard InChI is InChI=1S/C15H17FN4O/c1-9-4-3-5-10(19-9)8-20(2)14-6-11(15(18)21)13(17)7-12(14)16/h3-7H,8,17H2,1-2H3,(H2,18,21). The first-order chi connectivity index (χ1) is 9.88. The highest BCUT2D eigenvalue weighted by Gasteiger charge is 2.15. The number of aryl methyl sites for hydroxylation is 1. The Morgan fingerprint density at radius 2 is 2.10 bits per heavy atom. The number of nitrogens with zero attached hydrogens (tertiary/aromatic N) is 2. The Balaban J connectivity index is 2.32. The van der Waals surface area contributed by atoms with Crippen LogP contribution >= 0.6 is 0 Å². The molecule has 2 rings (SSSR count). The van der Waals surface area contributed by atoms with Gasteiger partial charge in [-0.25, -0.2) is 4.39 Å². The van der Waals surface area contributed by atoms with Crippen molar-refractivity contribution in [2.75, 3.05) is 17.7 Å². The number of carbonyl (C=O) groups is 1. The monoisotopic (exact) mass is 288 g/mol. The topological polar surface area (TPSA) is 85.2 Å². The number of nitrogen functional groups attached to an aromatic ring is 1. The van der Waals surface area contributed by atoms with Crippen LogP contribution in [0.2, 0.25) is 0 Å². The number of hydrogen-bond donors (Lipinski definition) is 2. The molecule has 0 unspecified atom stereocenters. The predicted molar refractivity (Wildman–Crippen MR) is 80.4 cm³/mol. The molecule has 0 aliphatic carbocycles. The van der Waals surface area contributed by atoms with Gasteiger partial charge in [-0.1, -0.05) is 6.07 Å². The van der Waals surface area contributed by atoms with Gasteiger partial charge >= 0.3 is 0 Å². The third kappa shape index (κ3) is 3.28. The molecule has 0 saturated carbocycles. The number of aromatic nitrogens is 1. The Hall–Kier alpha value is -2.63. The van der Waals surface area contributed by atoms with E-state index >= 15 is 0 Å². The first-order valence-corrected chi connectivity index (χ1v) is 6.41. The summed E-state index contributed by atoms with van der Waals surface area (Å²) in [6, 6.07) is 8.10. The molecule has 1 amide bonds. The zero-order valence-electron chi connectivity index (χ0n) is 11.9. The van der Waals surface area contributed by atoms with Crippen molar-refractivity contribution in [3.63, 3.8) is 0 Å². The average molecular weight is 288 g/mol. The maximum atomic E-state index is 14.0. The number of amides is 1. The fraction of sp³-hybridized carbons (Fsp3) is 0.200. The van der Waals surface area contributed by atoms with Crippen LogP contribution in [0, 0.1) is 12.7 Å². The highest BCUT2D eigenvalue weighted by molar-refractivity contribution is 5.99. The molecular formula is C15H17FN4O. The zero-order valence-corrected chi connectivity index (χ0v) is 11.9. The Morgan fingerprint density at radius 3 is 2.71 bits per heavy atom. The number of halogens is 1. The van der Waals surface area contributed by atoms with Crippen LogP contribution in [0.1, 0.15) is 21.7 Å². The minimum atomic E-state index is -0.684. The van der Waals surface area contributed by atoms with Gasteiger partial charge in [0.15, 0.2) is 0 Å². The summed E-state index contributed by atoms with van der Waals surface area (Å²) in [5, 5.41) is 0. The molecule has 21 heavy (non-hydrogen) atoms. The van der Waals surface area contributed by atoms with Crippen LogP contribution in [-0.4, -0.2) is 17.9 Å². The van der Waals surface area contributed by atoms with E-state index in [0.717, 1.165) is 17.5 Å². The van der Waals surface area contributed by atoms with Gasteiger partial charge in [0, 0.05) is 18.4 Å². The molecule has 0 spiro atoms. The number of nitrogens with two attached hydrogens (primary N) is 2. The van der Waals surface area contributed by atoms with Crippen LogP contribution < -0.4 is 16.4 Å². The van der Waals surface area contributed by atoms with Gasteiger partial charge in [0.2, 0.25) is 0 Å². The van der Waals surface area contributed by atoms with Crippen molar-refractivity contribution in [3.05, 3.63) is 53.1 Å². The van der Waals surface area contributed by atoms with Crippen molar-refractivity contribution in [3.8, 4) is 0 Å².